The number of carbonyl (C=O) groups excluding carboxylic acids is 1. The Bertz CT molecular complexity index is 410. The molecule has 0 saturated heterocycles. The van der Waals surface area contributed by atoms with Gasteiger partial charge in [-0.1, -0.05) is 11.6 Å². The Hall–Kier alpha value is -1.13. The van der Waals surface area contributed by atoms with E-state index in [0.29, 0.717) is 29.2 Å². The van der Waals surface area contributed by atoms with E-state index < -0.39 is 0 Å². The van der Waals surface area contributed by atoms with Crippen molar-refractivity contribution in [1.29, 1.82) is 0 Å². The molecule has 3 nitrogen and oxygen atoms in total. The molecule has 0 aromatic heterocycles. The Kier molecular flexibility index (Phi) is 5.38. The predicted molar refractivity (Wildman–Crippen MR) is 64.5 cm³/mol. The van der Waals surface area contributed by atoms with Crippen LogP contribution in [0.2, 0.25) is 5.02 Å². The number of halogens is 2. The van der Waals surface area contributed by atoms with E-state index in [-0.39, 0.29) is 18.2 Å². The van der Waals surface area contributed by atoms with Crippen molar-refractivity contribution in [3.63, 3.8) is 0 Å². The van der Waals surface area contributed by atoms with Crippen LogP contribution in [-0.2, 0) is 16.1 Å². The van der Waals surface area contributed by atoms with Gasteiger partial charge in [-0.2, -0.15) is 0 Å². The van der Waals surface area contributed by atoms with Crippen molar-refractivity contribution in [1.82, 2.24) is 5.32 Å². The minimum atomic E-state index is -0.279. The summed E-state index contributed by atoms with van der Waals surface area (Å²) in [6.07, 6.45) is 0.280. The van der Waals surface area contributed by atoms with E-state index in [1.807, 2.05) is 0 Å². The van der Waals surface area contributed by atoms with E-state index in [2.05, 4.69) is 10.1 Å². The number of benzene rings is 1. The lowest BCUT2D eigenvalue weighted by Crippen LogP contribution is -2.18. The summed E-state index contributed by atoms with van der Waals surface area (Å²) in [4.78, 5) is 10.8. The summed E-state index contributed by atoms with van der Waals surface area (Å²) in [6.45, 7) is 2.56. The maximum atomic E-state index is 13.3. The summed E-state index contributed by atoms with van der Waals surface area (Å²) in [5.74, 6) is -0.558. The molecular formula is C12H15ClFNO2. The van der Waals surface area contributed by atoms with Gasteiger partial charge < -0.3 is 10.1 Å². The molecule has 0 atom stereocenters. The van der Waals surface area contributed by atoms with E-state index in [4.69, 9.17) is 11.6 Å². The lowest BCUT2D eigenvalue weighted by molar-refractivity contribution is -0.140. The minimum Gasteiger partial charge on any atom is -0.469 e. The Labute approximate surface area is 105 Å². The van der Waals surface area contributed by atoms with Crippen LogP contribution in [0.15, 0.2) is 12.1 Å². The molecule has 0 aliphatic heterocycles. The average molecular weight is 260 g/mol. The van der Waals surface area contributed by atoms with Crippen LogP contribution in [-0.4, -0.2) is 19.6 Å². The third-order valence-corrected chi connectivity index (χ3v) is 2.73. The van der Waals surface area contributed by atoms with Crippen molar-refractivity contribution in [2.75, 3.05) is 13.7 Å². The standard InChI is InChI=1S/C12H15ClFNO2/c1-8-5-10(13)9(6-11(8)14)7-15-4-3-12(16)17-2/h5-6,15H,3-4,7H2,1-2H3. The summed E-state index contributed by atoms with van der Waals surface area (Å²) in [6, 6.07) is 3.00. The largest absolute Gasteiger partial charge is 0.469 e. The zero-order chi connectivity index (χ0) is 12.8. The van der Waals surface area contributed by atoms with Crippen LogP contribution in [0.1, 0.15) is 17.5 Å². The molecule has 0 radical (unpaired) electrons. The number of aryl methyl sites for hydroxylation is 1. The highest BCUT2D eigenvalue weighted by Crippen LogP contribution is 2.20. The zero-order valence-corrected chi connectivity index (χ0v) is 10.6. The summed E-state index contributed by atoms with van der Waals surface area (Å²) in [5.41, 5.74) is 1.20. The summed E-state index contributed by atoms with van der Waals surface area (Å²) >= 11 is 5.97. The van der Waals surface area contributed by atoms with E-state index in [1.54, 1.807) is 13.0 Å². The van der Waals surface area contributed by atoms with Crippen molar-refractivity contribution in [2.24, 2.45) is 0 Å². The van der Waals surface area contributed by atoms with E-state index >= 15 is 0 Å². The fraction of sp³-hybridized carbons (Fsp3) is 0.417. The number of hydrogen-bond acceptors (Lipinski definition) is 3. The number of ether oxygens (including phenoxy) is 1. The van der Waals surface area contributed by atoms with Gasteiger partial charge in [0, 0.05) is 18.1 Å². The number of carbonyl (C=O) groups is 1. The normalized spacial score (nSPS) is 10.4. The number of nitrogens with one attached hydrogen (secondary N) is 1. The molecule has 5 heteroatoms. The topological polar surface area (TPSA) is 38.3 Å². The van der Waals surface area contributed by atoms with Crippen LogP contribution in [0.4, 0.5) is 4.39 Å². The first kappa shape index (κ1) is 13.9. The quantitative estimate of drug-likeness (QED) is 0.652. The Morgan fingerprint density at radius 2 is 2.24 bits per heavy atom. The Balaban J connectivity index is 2.47. The van der Waals surface area contributed by atoms with Gasteiger partial charge in [0.15, 0.2) is 0 Å². The lowest BCUT2D eigenvalue weighted by atomic mass is 10.1. The third-order valence-electron chi connectivity index (χ3n) is 2.38. The van der Waals surface area contributed by atoms with Crippen LogP contribution in [0, 0.1) is 12.7 Å². The maximum Gasteiger partial charge on any atom is 0.306 e. The summed E-state index contributed by atoms with van der Waals surface area (Å²) < 4.78 is 17.8. The molecule has 0 bridgehead atoms. The Morgan fingerprint density at radius 1 is 1.53 bits per heavy atom. The molecule has 0 aliphatic rings. The molecule has 0 unspecified atom stereocenters. The van der Waals surface area contributed by atoms with Gasteiger partial charge >= 0.3 is 5.97 Å². The molecule has 0 fully saturated rings. The highest BCUT2D eigenvalue weighted by atomic mass is 35.5. The minimum absolute atomic E-state index is 0.279. The van der Waals surface area contributed by atoms with Gasteiger partial charge in [-0.15, -0.1) is 0 Å². The maximum absolute atomic E-state index is 13.3. The first-order chi connectivity index (χ1) is 8.04. The second-order valence-corrected chi connectivity index (χ2v) is 4.10. The van der Waals surface area contributed by atoms with Gasteiger partial charge in [0.1, 0.15) is 5.82 Å². The molecular weight excluding hydrogens is 245 g/mol. The van der Waals surface area contributed by atoms with Gasteiger partial charge in [0.05, 0.1) is 13.5 Å². The van der Waals surface area contributed by atoms with Gasteiger partial charge in [0.2, 0.25) is 0 Å². The molecule has 0 amide bonds. The lowest BCUT2D eigenvalue weighted by Gasteiger charge is -2.08. The van der Waals surface area contributed by atoms with Gasteiger partial charge in [-0.25, -0.2) is 4.39 Å². The first-order valence-corrected chi connectivity index (χ1v) is 5.64. The van der Waals surface area contributed by atoms with E-state index in [9.17, 15) is 9.18 Å². The molecule has 0 saturated carbocycles. The Morgan fingerprint density at radius 3 is 2.88 bits per heavy atom. The van der Waals surface area contributed by atoms with Crippen LogP contribution in [0.25, 0.3) is 0 Å². The van der Waals surface area contributed by atoms with E-state index in [1.165, 1.54) is 13.2 Å². The molecule has 0 spiro atoms. The van der Waals surface area contributed by atoms with Gasteiger partial charge in [0.25, 0.3) is 0 Å². The van der Waals surface area contributed by atoms with Crippen LogP contribution >= 0.6 is 11.6 Å². The average Bonchev–Trinajstić information content (AvgIpc) is 2.30. The summed E-state index contributed by atoms with van der Waals surface area (Å²) in [7, 11) is 1.34. The SMILES string of the molecule is COC(=O)CCNCc1cc(F)c(C)cc1Cl. The second kappa shape index (κ2) is 6.57. The van der Waals surface area contributed by atoms with Crippen molar-refractivity contribution < 1.29 is 13.9 Å². The van der Waals surface area contributed by atoms with Gasteiger partial charge in [-0.05, 0) is 30.2 Å². The highest BCUT2D eigenvalue weighted by Gasteiger charge is 2.06. The summed E-state index contributed by atoms with van der Waals surface area (Å²) in [5, 5.41) is 3.53. The number of rotatable bonds is 5. The zero-order valence-electron chi connectivity index (χ0n) is 9.85. The number of methoxy groups -OCH3 is 1. The molecule has 1 aromatic carbocycles. The monoisotopic (exact) mass is 259 g/mol. The third kappa shape index (κ3) is 4.32. The predicted octanol–water partition coefficient (Wildman–Crippen LogP) is 2.44. The highest BCUT2D eigenvalue weighted by molar-refractivity contribution is 6.31. The molecule has 0 aliphatic carbocycles. The van der Waals surface area contributed by atoms with E-state index in [0.717, 1.165) is 0 Å². The molecule has 94 valence electrons. The fourth-order valence-electron chi connectivity index (χ4n) is 1.34. The number of esters is 1. The van der Waals surface area contributed by atoms with Crippen molar-refractivity contribution >= 4 is 17.6 Å². The van der Waals surface area contributed by atoms with Crippen LogP contribution in [0.5, 0.6) is 0 Å². The van der Waals surface area contributed by atoms with Crippen LogP contribution < -0.4 is 5.32 Å². The molecule has 1 N–H and O–H groups in total. The van der Waals surface area contributed by atoms with Crippen molar-refractivity contribution in [3.05, 3.63) is 34.1 Å². The molecule has 1 rings (SSSR count). The van der Waals surface area contributed by atoms with Crippen LogP contribution in [0.3, 0.4) is 0 Å². The second-order valence-electron chi connectivity index (χ2n) is 3.70. The fourth-order valence-corrected chi connectivity index (χ4v) is 1.62. The first-order valence-electron chi connectivity index (χ1n) is 5.26. The molecule has 17 heavy (non-hydrogen) atoms. The molecule has 1 aromatic rings. The molecule has 0 heterocycles. The smallest absolute Gasteiger partial charge is 0.306 e. The van der Waals surface area contributed by atoms with Gasteiger partial charge in [-0.3, -0.25) is 4.79 Å². The van der Waals surface area contributed by atoms with Crippen molar-refractivity contribution in [2.45, 2.75) is 19.9 Å². The van der Waals surface area contributed by atoms with Crippen molar-refractivity contribution in [3.8, 4) is 0 Å². The number of hydrogen-bond donors (Lipinski definition) is 1.